The Balaban J connectivity index is 1.44. The summed E-state index contributed by atoms with van der Waals surface area (Å²) in [7, 11) is 2.33. The van der Waals surface area contributed by atoms with Crippen LogP contribution in [0, 0.1) is 0 Å². The van der Waals surface area contributed by atoms with E-state index in [-0.39, 0.29) is 0 Å². The molecule has 0 radical (unpaired) electrons. The quantitative estimate of drug-likeness (QED) is 0.205. The van der Waals surface area contributed by atoms with Crippen molar-refractivity contribution in [1.82, 2.24) is 4.90 Å². The van der Waals surface area contributed by atoms with Gasteiger partial charge in [-0.1, -0.05) is 114 Å². The molecule has 1 saturated heterocycles. The topological polar surface area (TPSA) is 20.3 Å². The van der Waals surface area contributed by atoms with Gasteiger partial charge in [-0.2, -0.15) is 0 Å². The van der Waals surface area contributed by atoms with E-state index in [1.54, 1.807) is 0 Å². The fourth-order valence-electron chi connectivity index (χ4n) is 4.83. The molecule has 1 aliphatic rings. The number of hydrogen-bond acceptors (Lipinski definition) is 1. The van der Waals surface area contributed by atoms with Crippen LogP contribution in [-0.2, 0) is 11.3 Å². The van der Waals surface area contributed by atoms with Gasteiger partial charge in [0.25, 0.3) is 0 Å². The van der Waals surface area contributed by atoms with Crippen LogP contribution in [0.15, 0.2) is 30.3 Å². The number of piperazine rings is 1. The van der Waals surface area contributed by atoms with Gasteiger partial charge in [-0.15, -0.1) is 0 Å². The van der Waals surface area contributed by atoms with Gasteiger partial charge in [0.05, 0.1) is 33.2 Å². The Morgan fingerprint density at radius 1 is 0.774 bits per heavy atom. The lowest BCUT2D eigenvalue weighted by molar-refractivity contribution is -0.926. The first kappa shape index (κ1) is 25.9. The van der Waals surface area contributed by atoms with Crippen LogP contribution in [0.1, 0.15) is 102 Å². The predicted molar refractivity (Wildman–Crippen MR) is 133 cm³/mol. The summed E-state index contributed by atoms with van der Waals surface area (Å²) in [4.78, 5) is 14.7. The van der Waals surface area contributed by atoms with Crippen LogP contribution in [0.4, 0.5) is 0 Å². The van der Waals surface area contributed by atoms with Gasteiger partial charge in [0.1, 0.15) is 6.54 Å². The van der Waals surface area contributed by atoms with Gasteiger partial charge in [0.15, 0.2) is 0 Å². The monoisotopic (exact) mass is 429 g/mol. The molecule has 176 valence electrons. The summed E-state index contributed by atoms with van der Waals surface area (Å²) in [6, 6.07) is 10.8. The summed E-state index contributed by atoms with van der Waals surface area (Å²) >= 11 is 0. The fraction of sp³-hybridized carbons (Fsp3) is 0.750. The molecule has 1 fully saturated rings. The maximum absolute atomic E-state index is 12.6. The van der Waals surface area contributed by atoms with Crippen LogP contribution >= 0.6 is 0 Å². The molecule has 1 heterocycles. The maximum atomic E-state index is 12.6. The second kappa shape index (κ2) is 15.5. The predicted octanol–water partition coefficient (Wildman–Crippen LogP) is 6.96. The Morgan fingerprint density at radius 2 is 1.26 bits per heavy atom. The highest BCUT2D eigenvalue weighted by atomic mass is 16.2. The van der Waals surface area contributed by atoms with E-state index < -0.39 is 0 Å². The number of carbonyl (C=O) groups is 1. The van der Waals surface area contributed by atoms with Crippen molar-refractivity contribution < 1.29 is 9.28 Å². The highest BCUT2D eigenvalue weighted by Crippen LogP contribution is 2.18. The molecule has 3 nitrogen and oxygen atoms in total. The standard InChI is InChI=1S/C28H49N2O/c1-3-4-5-6-7-8-9-10-11-12-13-14-18-21-28(31)29-22-24-30(2,25-23-29)26-27-19-16-15-17-20-27/h15-17,19-20H,3-14,18,21-26H2,1-2H3/q+1. The molecule has 0 aromatic heterocycles. The van der Waals surface area contributed by atoms with Gasteiger partial charge < -0.3 is 9.38 Å². The van der Waals surface area contributed by atoms with Crippen LogP contribution in [0.2, 0.25) is 0 Å². The first-order chi connectivity index (χ1) is 15.1. The van der Waals surface area contributed by atoms with Crippen molar-refractivity contribution in [1.29, 1.82) is 0 Å². The number of amides is 1. The highest BCUT2D eigenvalue weighted by Gasteiger charge is 2.30. The van der Waals surface area contributed by atoms with Gasteiger partial charge in [-0.05, 0) is 6.42 Å². The summed E-state index contributed by atoms with van der Waals surface area (Å²) in [5.74, 6) is 0.383. The largest absolute Gasteiger partial charge is 0.331 e. The first-order valence-corrected chi connectivity index (χ1v) is 13.3. The Hall–Kier alpha value is -1.35. The molecule has 31 heavy (non-hydrogen) atoms. The van der Waals surface area contributed by atoms with Crippen molar-refractivity contribution in [3.8, 4) is 0 Å². The number of hydrogen-bond donors (Lipinski definition) is 0. The summed E-state index contributed by atoms with van der Waals surface area (Å²) in [6.45, 7) is 7.33. The van der Waals surface area contributed by atoms with Crippen LogP contribution in [0.25, 0.3) is 0 Å². The number of carbonyl (C=O) groups excluding carboxylic acids is 1. The van der Waals surface area contributed by atoms with Crippen molar-refractivity contribution in [3.63, 3.8) is 0 Å². The third kappa shape index (κ3) is 11.2. The average Bonchev–Trinajstić information content (AvgIpc) is 2.78. The number of likely N-dealkylation sites (N-methyl/N-ethyl adjacent to an activating group) is 1. The Morgan fingerprint density at radius 3 is 1.77 bits per heavy atom. The van der Waals surface area contributed by atoms with E-state index in [4.69, 9.17) is 0 Å². The minimum Gasteiger partial charge on any atom is -0.331 e. The smallest absolute Gasteiger partial charge is 0.222 e. The van der Waals surface area contributed by atoms with Gasteiger partial charge in [0, 0.05) is 12.0 Å². The zero-order valence-electron chi connectivity index (χ0n) is 20.6. The minimum absolute atomic E-state index is 0.383. The van der Waals surface area contributed by atoms with Gasteiger partial charge >= 0.3 is 0 Å². The fourth-order valence-corrected chi connectivity index (χ4v) is 4.83. The Labute approximate surface area is 192 Å². The van der Waals surface area contributed by atoms with Crippen molar-refractivity contribution in [2.24, 2.45) is 0 Å². The number of benzene rings is 1. The van der Waals surface area contributed by atoms with E-state index in [1.807, 2.05) is 0 Å². The van der Waals surface area contributed by atoms with Crippen molar-refractivity contribution >= 4 is 5.91 Å². The van der Waals surface area contributed by atoms with Crippen LogP contribution in [0.3, 0.4) is 0 Å². The maximum Gasteiger partial charge on any atom is 0.222 e. The number of rotatable bonds is 16. The molecule has 1 amide bonds. The molecule has 0 aliphatic carbocycles. The lowest BCUT2D eigenvalue weighted by atomic mass is 10.0. The molecule has 0 atom stereocenters. The number of nitrogens with zero attached hydrogens (tertiary/aromatic N) is 2. The summed E-state index contributed by atoms with van der Waals surface area (Å²) < 4.78 is 1.05. The zero-order chi connectivity index (χ0) is 22.2. The van der Waals surface area contributed by atoms with E-state index in [1.165, 1.54) is 82.6 Å². The minimum atomic E-state index is 0.383. The Kier molecular flexibility index (Phi) is 12.9. The van der Waals surface area contributed by atoms with E-state index in [0.29, 0.717) is 5.91 Å². The van der Waals surface area contributed by atoms with Crippen molar-refractivity contribution in [2.75, 3.05) is 33.2 Å². The molecule has 0 N–H and O–H groups in total. The van der Waals surface area contributed by atoms with Crippen LogP contribution in [0.5, 0.6) is 0 Å². The molecule has 1 aromatic carbocycles. The average molecular weight is 430 g/mol. The molecular formula is C28H49N2O+. The molecule has 1 aliphatic heterocycles. The van der Waals surface area contributed by atoms with Gasteiger partial charge in [0.2, 0.25) is 5.91 Å². The van der Waals surface area contributed by atoms with Crippen molar-refractivity contribution in [3.05, 3.63) is 35.9 Å². The molecule has 1 aromatic rings. The second-order valence-electron chi connectivity index (χ2n) is 10.1. The van der Waals surface area contributed by atoms with E-state index in [9.17, 15) is 4.79 Å². The lowest BCUT2D eigenvalue weighted by Crippen LogP contribution is -2.57. The van der Waals surface area contributed by atoms with Crippen LogP contribution in [-0.4, -0.2) is 48.5 Å². The zero-order valence-corrected chi connectivity index (χ0v) is 20.6. The van der Waals surface area contributed by atoms with E-state index in [0.717, 1.165) is 50.0 Å². The normalized spacial score (nSPS) is 15.9. The SMILES string of the molecule is CCCCCCCCCCCCCCCC(=O)N1CC[N+](C)(Cc2ccccc2)CC1. The van der Waals surface area contributed by atoms with Gasteiger partial charge in [-0.25, -0.2) is 0 Å². The molecular weight excluding hydrogens is 380 g/mol. The summed E-state index contributed by atoms with van der Waals surface area (Å²) in [5, 5.41) is 0. The second-order valence-corrected chi connectivity index (χ2v) is 10.1. The molecule has 3 heteroatoms. The van der Waals surface area contributed by atoms with Gasteiger partial charge in [-0.3, -0.25) is 4.79 Å². The molecule has 0 unspecified atom stereocenters. The van der Waals surface area contributed by atoms with Crippen LogP contribution < -0.4 is 0 Å². The van der Waals surface area contributed by atoms with E-state index >= 15 is 0 Å². The summed E-state index contributed by atoms with van der Waals surface area (Å²) in [6.07, 6.45) is 18.4. The highest BCUT2D eigenvalue weighted by molar-refractivity contribution is 5.76. The Bertz CT molecular complexity index is 578. The lowest BCUT2D eigenvalue weighted by Gasteiger charge is -2.42. The van der Waals surface area contributed by atoms with E-state index in [2.05, 4.69) is 49.2 Å². The molecule has 2 rings (SSSR count). The van der Waals surface area contributed by atoms with Crippen molar-refractivity contribution in [2.45, 2.75) is 103 Å². The number of unbranched alkanes of at least 4 members (excludes halogenated alkanes) is 12. The molecule has 0 saturated carbocycles. The molecule has 0 spiro atoms. The molecule has 0 bridgehead atoms. The number of quaternary nitrogens is 1. The third-order valence-electron chi connectivity index (χ3n) is 7.07. The summed E-state index contributed by atoms with van der Waals surface area (Å²) in [5.41, 5.74) is 1.40. The third-order valence-corrected chi connectivity index (χ3v) is 7.07. The first-order valence-electron chi connectivity index (χ1n) is 13.3.